The van der Waals surface area contributed by atoms with E-state index in [9.17, 15) is 13.6 Å². The highest BCUT2D eigenvalue weighted by Crippen LogP contribution is 2.16. The van der Waals surface area contributed by atoms with Gasteiger partial charge in [0.15, 0.2) is 0 Å². The predicted molar refractivity (Wildman–Crippen MR) is 82.5 cm³/mol. The minimum atomic E-state index is -0.535. The summed E-state index contributed by atoms with van der Waals surface area (Å²) in [6, 6.07) is 6.69. The van der Waals surface area contributed by atoms with Crippen LogP contribution in [0.15, 0.2) is 36.5 Å². The van der Waals surface area contributed by atoms with Gasteiger partial charge in [0.2, 0.25) is 5.91 Å². The van der Waals surface area contributed by atoms with Gasteiger partial charge in [0.25, 0.3) is 0 Å². The van der Waals surface area contributed by atoms with Gasteiger partial charge in [-0.05, 0) is 42.3 Å². The van der Waals surface area contributed by atoms with Crippen molar-refractivity contribution in [2.24, 2.45) is 5.73 Å². The molecule has 2 N–H and O–H groups in total. The molecule has 6 heteroatoms. The smallest absolute Gasteiger partial charge is 0.224 e. The minimum absolute atomic E-state index is 0.0539. The lowest BCUT2D eigenvalue weighted by Crippen LogP contribution is -2.41. The SMILES string of the molecule is N[C@@H](CC(=O)N1CCn2cccc2C1)Cc1cc(F)ccc1F. The highest BCUT2D eigenvalue weighted by Gasteiger charge is 2.22. The van der Waals surface area contributed by atoms with Gasteiger partial charge in [-0.15, -0.1) is 0 Å². The van der Waals surface area contributed by atoms with Gasteiger partial charge in [-0.2, -0.15) is 0 Å². The van der Waals surface area contributed by atoms with Gasteiger partial charge in [-0.3, -0.25) is 4.79 Å². The number of hydrogen-bond acceptors (Lipinski definition) is 2. The number of benzene rings is 1. The van der Waals surface area contributed by atoms with E-state index in [-0.39, 0.29) is 24.3 Å². The summed E-state index contributed by atoms with van der Waals surface area (Å²) < 4.78 is 28.9. The molecule has 1 aliphatic heterocycles. The number of aromatic nitrogens is 1. The summed E-state index contributed by atoms with van der Waals surface area (Å²) >= 11 is 0. The second kappa shape index (κ2) is 6.50. The van der Waals surface area contributed by atoms with E-state index >= 15 is 0 Å². The van der Waals surface area contributed by atoms with Crippen molar-refractivity contribution in [2.45, 2.75) is 32.0 Å². The summed E-state index contributed by atoms with van der Waals surface area (Å²) in [5.41, 5.74) is 7.26. The van der Waals surface area contributed by atoms with Gasteiger partial charge in [0, 0.05) is 37.4 Å². The second-order valence-corrected chi connectivity index (χ2v) is 5.91. The van der Waals surface area contributed by atoms with Gasteiger partial charge < -0.3 is 15.2 Å². The van der Waals surface area contributed by atoms with Gasteiger partial charge in [-0.25, -0.2) is 8.78 Å². The summed E-state index contributed by atoms with van der Waals surface area (Å²) in [4.78, 5) is 14.1. The van der Waals surface area contributed by atoms with Gasteiger partial charge in [0.1, 0.15) is 11.6 Å². The van der Waals surface area contributed by atoms with Gasteiger partial charge >= 0.3 is 0 Å². The Morgan fingerprint density at radius 3 is 2.91 bits per heavy atom. The average molecular weight is 319 g/mol. The van der Waals surface area contributed by atoms with E-state index in [1.165, 1.54) is 0 Å². The van der Waals surface area contributed by atoms with Crippen molar-refractivity contribution in [1.82, 2.24) is 9.47 Å². The molecule has 2 aromatic rings. The molecule has 23 heavy (non-hydrogen) atoms. The van der Waals surface area contributed by atoms with Crippen LogP contribution in [-0.2, 0) is 24.3 Å². The fourth-order valence-electron chi connectivity index (χ4n) is 2.93. The fourth-order valence-corrected chi connectivity index (χ4v) is 2.93. The molecule has 0 unspecified atom stereocenters. The molecule has 1 aromatic carbocycles. The summed E-state index contributed by atoms with van der Waals surface area (Å²) in [5, 5.41) is 0. The molecule has 1 aliphatic rings. The second-order valence-electron chi connectivity index (χ2n) is 5.91. The third-order valence-electron chi connectivity index (χ3n) is 4.17. The van der Waals surface area contributed by atoms with Crippen molar-refractivity contribution in [3.05, 3.63) is 59.4 Å². The predicted octanol–water partition coefficient (Wildman–Crippen LogP) is 2.07. The van der Waals surface area contributed by atoms with E-state index in [1.807, 2.05) is 18.3 Å². The molecule has 0 aliphatic carbocycles. The highest BCUT2D eigenvalue weighted by molar-refractivity contribution is 5.77. The van der Waals surface area contributed by atoms with Crippen LogP contribution in [0.5, 0.6) is 0 Å². The molecule has 1 amide bonds. The van der Waals surface area contributed by atoms with Crippen molar-refractivity contribution < 1.29 is 13.6 Å². The van der Waals surface area contributed by atoms with E-state index < -0.39 is 17.7 Å². The fraction of sp³-hybridized carbons (Fsp3) is 0.353. The molecular weight excluding hydrogens is 300 g/mol. The van der Waals surface area contributed by atoms with Crippen LogP contribution in [0.1, 0.15) is 17.7 Å². The van der Waals surface area contributed by atoms with Crippen molar-refractivity contribution in [1.29, 1.82) is 0 Å². The number of nitrogens with zero attached hydrogens (tertiary/aromatic N) is 2. The van der Waals surface area contributed by atoms with Crippen LogP contribution < -0.4 is 5.73 Å². The molecule has 122 valence electrons. The van der Waals surface area contributed by atoms with Gasteiger partial charge in [0.05, 0.1) is 6.54 Å². The summed E-state index contributed by atoms with van der Waals surface area (Å²) in [7, 11) is 0. The van der Waals surface area contributed by atoms with Crippen LogP contribution in [0, 0.1) is 11.6 Å². The molecule has 0 bridgehead atoms. The van der Waals surface area contributed by atoms with E-state index in [2.05, 4.69) is 4.57 Å². The number of carbonyl (C=O) groups excluding carboxylic acids is 1. The normalized spacial score (nSPS) is 15.3. The third kappa shape index (κ3) is 3.59. The Morgan fingerprint density at radius 1 is 1.26 bits per heavy atom. The Balaban J connectivity index is 1.58. The number of amides is 1. The molecule has 0 fully saturated rings. The summed E-state index contributed by atoms with van der Waals surface area (Å²) in [6.45, 7) is 1.97. The first-order chi connectivity index (χ1) is 11.0. The quantitative estimate of drug-likeness (QED) is 0.938. The number of halogens is 2. The molecule has 1 atom stereocenters. The maximum Gasteiger partial charge on any atom is 0.224 e. The van der Waals surface area contributed by atoms with Crippen molar-refractivity contribution in [2.75, 3.05) is 6.54 Å². The first kappa shape index (κ1) is 15.7. The Hall–Kier alpha value is -2.21. The molecule has 2 heterocycles. The number of hydrogen-bond donors (Lipinski definition) is 1. The number of rotatable bonds is 4. The summed E-state index contributed by atoms with van der Waals surface area (Å²) in [5.74, 6) is -1.05. The minimum Gasteiger partial charge on any atom is -0.348 e. The average Bonchev–Trinajstić information content (AvgIpc) is 2.98. The van der Waals surface area contributed by atoms with E-state index in [4.69, 9.17) is 5.73 Å². The topological polar surface area (TPSA) is 51.3 Å². The zero-order valence-electron chi connectivity index (χ0n) is 12.7. The van der Waals surface area contributed by atoms with Crippen molar-refractivity contribution >= 4 is 5.91 Å². The molecule has 0 spiro atoms. The van der Waals surface area contributed by atoms with Crippen LogP contribution in [0.2, 0.25) is 0 Å². The molecule has 0 saturated heterocycles. The van der Waals surface area contributed by atoms with E-state index in [1.54, 1.807) is 4.90 Å². The summed E-state index contributed by atoms with van der Waals surface area (Å²) in [6.07, 6.45) is 2.26. The lowest BCUT2D eigenvalue weighted by atomic mass is 10.0. The standard InChI is InChI=1S/C17H19F2N3O/c18-13-3-4-16(19)12(8-13)9-14(20)10-17(23)22-7-6-21-5-1-2-15(21)11-22/h1-5,8,14H,6-7,9-11,20H2/t14-/m1/s1. The molecular formula is C17H19F2N3O. The van der Waals surface area contributed by atoms with Crippen molar-refractivity contribution in [3.63, 3.8) is 0 Å². The Bertz CT molecular complexity index is 714. The molecule has 3 rings (SSSR count). The third-order valence-corrected chi connectivity index (χ3v) is 4.17. The largest absolute Gasteiger partial charge is 0.348 e. The molecule has 0 radical (unpaired) electrons. The van der Waals surface area contributed by atoms with Crippen LogP contribution in [0.3, 0.4) is 0 Å². The van der Waals surface area contributed by atoms with Crippen LogP contribution in [0.25, 0.3) is 0 Å². The van der Waals surface area contributed by atoms with Gasteiger partial charge in [-0.1, -0.05) is 0 Å². The highest BCUT2D eigenvalue weighted by atomic mass is 19.1. The van der Waals surface area contributed by atoms with Crippen LogP contribution in [-0.4, -0.2) is 28.0 Å². The molecule has 4 nitrogen and oxygen atoms in total. The lowest BCUT2D eigenvalue weighted by molar-refractivity contribution is -0.133. The maximum absolute atomic E-state index is 13.6. The lowest BCUT2D eigenvalue weighted by Gasteiger charge is -2.29. The first-order valence-corrected chi connectivity index (χ1v) is 7.64. The number of fused-ring (bicyclic) bond motifs is 1. The maximum atomic E-state index is 13.6. The Labute approximate surface area is 133 Å². The zero-order valence-corrected chi connectivity index (χ0v) is 12.7. The van der Waals surface area contributed by atoms with E-state index in [0.29, 0.717) is 13.1 Å². The Kier molecular flexibility index (Phi) is 4.43. The molecule has 1 aromatic heterocycles. The number of nitrogens with two attached hydrogens (primary N) is 1. The monoisotopic (exact) mass is 319 g/mol. The Morgan fingerprint density at radius 2 is 2.09 bits per heavy atom. The van der Waals surface area contributed by atoms with Crippen molar-refractivity contribution in [3.8, 4) is 0 Å². The zero-order chi connectivity index (χ0) is 16.4. The van der Waals surface area contributed by atoms with E-state index in [0.717, 1.165) is 30.4 Å². The van der Waals surface area contributed by atoms with Crippen LogP contribution >= 0.6 is 0 Å². The first-order valence-electron chi connectivity index (χ1n) is 7.64. The number of carbonyl (C=O) groups is 1. The molecule has 0 saturated carbocycles. The van der Waals surface area contributed by atoms with Crippen LogP contribution in [0.4, 0.5) is 8.78 Å².